The van der Waals surface area contributed by atoms with Crippen molar-refractivity contribution in [2.24, 2.45) is 7.05 Å². The number of anilines is 1. The van der Waals surface area contributed by atoms with E-state index in [0.29, 0.717) is 0 Å². The van der Waals surface area contributed by atoms with E-state index in [9.17, 15) is 0 Å². The smallest absolute Gasteiger partial charge is 0.0534 e. The Hall–Kier alpha value is -1.33. The van der Waals surface area contributed by atoms with Gasteiger partial charge in [-0.2, -0.15) is 5.10 Å². The van der Waals surface area contributed by atoms with Gasteiger partial charge in [-0.1, -0.05) is 15.9 Å². The van der Waals surface area contributed by atoms with Gasteiger partial charge in [0.25, 0.3) is 0 Å². The van der Waals surface area contributed by atoms with Crippen molar-refractivity contribution in [1.29, 1.82) is 0 Å². The topological polar surface area (TPSA) is 47.1 Å². The number of nitrogen functional groups attached to an aromatic ring is 1. The molecule has 1 aromatic carbocycles. The predicted octanol–water partition coefficient (Wildman–Crippen LogP) is 2.40. The van der Waals surface area contributed by atoms with Crippen molar-refractivity contribution in [3.63, 3.8) is 0 Å². The lowest BCUT2D eigenvalue weighted by atomic mass is 10.2. The van der Waals surface area contributed by atoms with Crippen LogP contribution in [0, 0.1) is 0 Å². The Labute approximate surface area is 116 Å². The van der Waals surface area contributed by atoms with Crippen LogP contribution in [0.5, 0.6) is 0 Å². The van der Waals surface area contributed by atoms with Gasteiger partial charge in [0.15, 0.2) is 0 Å². The molecule has 0 saturated heterocycles. The average Bonchev–Trinajstić information content (AvgIpc) is 2.69. The first kappa shape index (κ1) is 13.1. The van der Waals surface area contributed by atoms with Crippen molar-refractivity contribution in [2.75, 3.05) is 12.8 Å². The predicted molar refractivity (Wildman–Crippen MR) is 76.9 cm³/mol. The Morgan fingerprint density at radius 2 is 2.17 bits per heavy atom. The van der Waals surface area contributed by atoms with Gasteiger partial charge in [0.05, 0.1) is 6.20 Å². The second kappa shape index (κ2) is 5.54. The van der Waals surface area contributed by atoms with Gasteiger partial charge in [0, 0.05) is 42.1 Å². The fourth-order valence-electron chi connectivity index (χ4n) is 1.93. The first-order valence-electron chi connectivity index (χ1n) is 5.74. The van der Waals surface area contributed by atoms with Crippen molar-refractivity contribution in [3.8, 4) is 0 Å². The van der Waals surface area contributed by atoms with Gasteiger partial charge in [0.2, 0.25) is 0 Å². The van der Waals surface area contributed by atoms with Crippen LogP contribution in [0.2, 0.25) is 0 Å². The number of benzene rings is 1. The number of nitrogens with zero attached hydrogens (tertiary/aromatic N) is 3. The summed E-state index contributed by atoms with van der Waals surface area (Å²) in [7, 11) is 4.01. The highest BCUT2D eigenvalue weighted by atomic mass is 79.9. The largest absolute Gasteiger partial charge is 0.399 e. The molecule has 0 aliphatic heterocycles. The highest BCUT2D eigenvalue weighted by Crippen LogP contribution is 2.21. The van der Waals surface area contributed by atoms with Gasteiger partial charge < -0.3 is 5.73 Å². The average molecular weight is 309 g/mol. The van der Waals surface area contributed by atoms with E-state index in [0.717, 1.165) is 23.2 Å². The molecule has 1 aromatic heterocycles. The van der Waals surface area contributed by atoms with Crippen LogP contribution in [-0.2, 0) is 20.1 Å². The summed E-state index contributed by atoms with van der Waals surface area (Å²) in [5.74, 6) is 0. The van der Waals surface area contributed by atoms with E-state index in [1.165, 1.54) is 11.1 Å². The van der Waals surface area contributed by atoms with Crippen molar-refractivity contribution in [2.45, 2.75) is 13.1 Å². The molecule has 0 saturated carbocycles. The fraction of sp³-hybridized carbons (Fsp3) is 0.308. The molecule has 1 heterocycles. The summed E-state index contributed by atoms with van der Waals surface area (Å²) in [5.41, 5.74) is 9.00. The Kier molecular flexibility index (Phi) is 4.04. The highest BCUT2D eigenvalue weighted by molar-refractivity contribution is 9.10. The van der Waals surface area contributed by atoms with Crippen LogP contribution in [-0.4, -0.2) is 21.7 Å². The maximum Gasteiger partial charge on any atom is 0.0534 e. The van der Waals surface area contributed by atoms with Gasteiger partial charge in [-0.25, -0.2) is 0 Å². The molecular formula is C13H17BrN4. The van der Waals surface area contributed by atoms with Gasteiger partial charge >= 0.3 is 0 Å². The zero-order valence-corrected chi connectivity index (χ0v) is 12.2. The molecule has 2 aromatic rings. The van der Waals surface area contributed by atoms with E-state index < -0.39 is 0 Å². The van der Waals surface area contributed by atoms with Gasteiger partial charge in [-0.05, 0) is 30.8 Å². The maximum absolute atomic E-state index is 5.81. The number of hydrogen-bond donors (Lipinski definition) is 1. The molecule has 4 nitrogen and oxygen atoms in total. The highest BCUT2D eigenvalue weighted by Gasteiger charge is 2.06. The number of aromatic nitrogens is 2. The molecule has 0 fully saturated rings. The lowest BCUT2D eigenvalue weighted by molar-refractivity contribution is 0.318. The number of halogens is 1. The van der Waals surface area contributed by atoms with Gasteiger partial charge in [0.1, 0.15) is 0 Å². The molecule has 0 unspecified atom stereocenters. The number of hydrogen-bond acceptors (Lipinski definition) is 3. The summed E-state index contributed by atoms with van der Waals surface area (Å²) in [6, 6.07) is 5.89. The molecular weight excluding hydrogens is 292 g/mol. The molecule has 0 bridgehead atoms. The number of nitrogens with two attached hydrogens (primary N) is 1. The van der Waals surface area contributed by atoms with Crippen molar-refractivity contribution in [1.82, 2.24) is 14.7 Å². The molecule has 2 rings (SSSR count). The minimum Gasteiger partial charge on any atom is -0.399 e. The van der Waals surface area contributed by atoms with Gasteiger partial charge in [-0.15, -0.1) is 0 Å². The molecule has 0 atom stereocenters. The third-order valence-corrected chi connectivity index (χ3v) is 3.49. The van der Waals surface area contributed by atoms with E-state index in [1.54, 1.807) is 0 Å². The first-order valence-corrected chi connectivity index (χ1v) is 6.54. The van der Waals surface area contributed by atoms with Crippen molar-refractivity contribution < 1.29 is 0 Å². The molecule has 0 spiro atoms. The lowest BCUT2D eigenvalue weighted by Crippen LogP contribution is -2.17. The SMILES string of the molecule is CN(Cc1cnn(C)c1)Cc1cc(N)ccc1Br. The number of aryl methyl sites for hydroxylation is 1. The molecule has 0 aliphatic rings. The minimum atomic E-state index is 0.794. The first-order chi connectivity index (χ1) is 8.54. The van der Waals surface area contributed by atoms with Crippen molar-refractivity contribution in [3.05, 3.63) is 46.2 Å². The summed E-state index contributed by atoms with van der Waals surface area (Å²) in [6.07, 6.45) is 3.93. The Morgan fingerprint density at radius 3 is 2.83 bits per heavy atom. The Balaban J connectivity index is 2.02. The summed E-state index contributed by atoms with van der Waals surface area (Å²) in [6.45, 7) is 1.72. The quantitative estimate of drug-likeness (QED) is 0.882. The summed E-state index contributed by atoms with van der Waals surface area (Å²) >= 11 is 3.55. The van der Waals surface area contributed by atoms with E-state index >= 15 is 0 Å². The molecule has 0 amide bonds. The van der Waals surface area contributed by atoms with Crippen LogP contribution in [0.25, 0.3) is 0 Å². The van der Waals surface area contributed by atoms with E-state index in [1.807, 2.05) is 42.3 Å². The molecule has 0 aliphatic carbocycles. The molecule has 5 heteroatoms. The number of rotatable bonds is 4. The van der Waals surface area contributed by atoms with E-state index in [2.05, 4.69) is 33.0 Å². The van der Waals surface area contributed by atoms with Crippen LogP contribution in [0.3, 0.4) is 0 Å². The second-order valence-electron chi connectivity index (χ2n) is 4.55. The Bertz CT molecular complexity index is 536. The normalized spacial score (nSPS) is 11.1. The van der Waals surface area contributed by atoms with Crippen LogP contribution in [0.15, 0.2) is 35.1 Å². The van der Waals surface area contributed by atoms with Gasteiger partial charge in [-0.3, -0.25) is 9.58 Å². The van der Waals surface area contributed by atoms with Crippen LogP contribution in [0.4, 0.5) is 5.69 Å². The zero-order valence-electron chi connectivity index (χ0n) is 10.6. The monoisotopic (exact) mass is 308 g/mol. The maximum atomic E-state index is 5.81. The zero-order chi connectivity index (χ0) is 13.1. The standard InChI is InChI=1S/C13H17BrN4/c1-17(7-10-6-16-18(2)8-10)9-11-5-12(15)3-4-13(11)14/h3-6,8H,7,9,15H2,1-2H3. The Morgan fingerprint density at radius 1 is 1.39 bits per heavy atom. The fourth-order valence-corrected chi connectivity index (χ4v) is 2.30. The van der Waals surface area contributed by atoms with Crippen LogP contribution < -0.4 is 5.73 Å². The lowest BCUT2D eigenvalue weighted by Gasteiger charge is -2.17. The van der Waals surface area contributed by atoms with E-state index in [4.69, 9.17) is 5.73 Å². The molecule has 0 radical (unpaired) electrons. The minimum absolute atomic E-state index is 0.794. The molecule has 18 heavy (non-hydrogen) atoms. The van der Waals surface area contributed by atoms with Crippen molar-refractivity contribution >= 4 is 21.6 Å². The van der Waals surface area contributed by atoms with Crippen LogP contribution >= 0.6 is 15.9 Å². The third-order valence-electron chi connectivity index (χ3n) is 2.72. The second-order valence-corrected chi connectivity index (χ2v) is 5.40. The third kappa shape index (κ3) is 3.34. The summed E-state index contributed by atoms with van der Waals surface area (Å²) in [5, 5.41) is 4.17. The molecule has 96 valence electrons. The summed E-state index contributed by atoms with van der Waals surface area (Å²) in [4.78, 5) is 2.23. The van der Waals surface area contributed by atoms with E-state index in [-0.39, 0.29) is 0 Å². The molecule has 2 N–H and O–H groups in total. The summed E-state index contributed by atoms with van der Waals surface area (Å²) < 4.78 is 2.91. The van der Waals surface area contributed by atoms with Crippen LogP contribution in [0.1, 0.15) is 11.1 Å².